The zero-order valence-corrected chi connectivity index (χ0v) is 11.0. The summed E-state index contributed by atoms with van der Waals surface area (Å²) in [4.78, 5) is 4.07. The van der Waals surface area contributed by atoms with Gasteiger partial charge in [-0.1, -0.05) is 32.0 Å². The van der Waals surface area contributed by atoms with Crippen molar-refractivity contribution in [1.82, 2.24) is 4.98 Å². The minimum Gasteiger partial charge on any atom is -0.489 e. The average molecular weight is 241 g/mol. The number of benzene rings is 1. The topological polar surface area (TPSA) is 22.1 Å². The first-order chi connectivity index (χ1) is 8.74. The number of aromatic nitrogens is 1. The summed E-state index contributed by atoms with van der Waals surface area (Å²) >= 11 is 0. The van der Waals surface area contributed by atoms with Crippen molar-refractivity contribution in [2.75, 3.05) is 0 Å². The molecule has 0 N–H and O–H groups in total. The zero-order chi connectivity index (χ0) is 12.8. The first-order valence-corrected chi connectivity index (χ1v) is 6.34. The van der Waals surface area contributed by atoms with Gasteiger partial charge in [-0.2, -0.15) is 0 Å². The third kappa shape index (κ3) is 3.88. The Kier molecular flexibility index (Phi) is 4.35. The summed E-state index contributed by atoms with van der Waals surface area (Å²) in [5.74, 6) is 1.59. The van der Waals surface area contributed by atoms with Gasteiger partial charge in [0.15, 0.2) is 0 Å². The van der Waals surface area contributed by atoms with E-state index in [2.05, 4.69) is 37.0 Å². The summed E-state index contributed by atoms with van der Waals surface area (Å²) in [5, 5.41) is 0. The quantitative estimate of drug-likeness (QED) is 0.793. The summed E-state index contributed by atoms with van der Waals surface area (Å²) in [5.41, 5.74) is 2.42. The van der Waals surface area contributed by atoms with Gasteiger partial charge in [-0.3, -0.25) is 4.98 Å². The second kappa shape index (κ2) is 6.20. The second-order valence-electron chi connectivity index (χ2n) is 4.90. The van der Waals surface area contributed by atoms with E-state index in [-0.39, 0.29) is 0 Å². The number of ether oxygens (including phenoxy) is 1. The summed E-state index contributed by atoms with van der Waals surface area (Å²) in [6.07, 6.45) is 4.69. The van der Waals surface area contributed by atoms with E-state index in [9.17, 15) is 0 Å². The van der Waals surface area contributed by atoms with Gasteiger partial charge in [0.25, 0.3) is 0 Å². The Morgan fingerprint density at radius 3 is 2.67 bits per heavy atom. The molecule has 0 saturated heterocycles. The standard InChI is InChI=1S/C16H19NO/c1-13(2)9-14-5-3-7-16(10-14)18-12-15-6-4-8-17-11-15/h3-8,10-11,13H,9,12H2,1-2H3. The van der Waals surface area contributed by atoms with Crippen LogP contribution in [-0.2, 0) is 13.0 Å². The molecule has 0 aliphatic carbocycles. The Balaban J connectivity index is 1.97. The molecule has 0 aliphatic heterocycles. The molecule has 94 valence electrons. The fraction of sp³-hybridized carbons (Fsp3) is 0.312. The number of nitrogens with zero attached hydrogens (tertiary/aromatic N) is 1. The van der Waals surface area contributed by atoms with Gasteiger partial charge < -0.3 is 4.74 Å². The molecule has 1 heterocycles. The molecule has 0 atom stereocenters. The summed E-state index contributed by atoms with van der Waals surface area (Å²) in [6, 6.07) is 12.3. The zero-order valence-electron chi connectivity index (χ0n) is 11.0. The van der Waals surface area contributed by atoms with Crippen molar-refractivity contribution in [2.24, 2.45) is 5.92 Å². The van der Waals surface area contributed by atoms with Crippen molar-refractivity contribution in [2.45, 2.75) is 26.9 Å². The lowest BCUT2D eigenvalue weighted by Crippen LogP contribution is -1.98. The van der Waals surface area contributed by atoms with Gasteiger partial charge >= 0.3 is 0 Å². The SMILES string of the molecule is CC(C)Cc1cccc(OCc2cccnc2)c1. The van der Waals surface area contributed by atoms with E-state index in [0.717, 1.165) is 17.7 Å². The van der Waals surface area contributed by atoms with Crippen LogP contribution in [0.3, 0.4) is 0 Å². The number of pyridine rings is 1. The normalized spacial score (nSPS) is 10.6. The van der Waals surface area contributed by atoms with Crippen LogP contribution in [0.5, 0.6) is 5.75 Å². The van der Waals surface area contributed by atoms with E-state index in [4.69, 9.17) is 4.74 Å². The van der Waals surface area contributed by atoms with E-state index in [1.54, 1.807) is 6.20 Å². The lowest BCUT2D eigenvalue weighted by atomic mass is 10.0. The summed E-state index contributed by atoms with van der Waals surface area (Å²) < 4.78 is 5.77. The molecule has 0 fully saturated rings. The minimum absolute atomic E-state index is 0.568. The highest BCUT2D eigenvalue weighted by molar-refractivity contribution is 5.29. The number of hydrogen-bond donors (Lipinski definition) is 0. The molecule has 0 amide bonds. The Labute approximate surface area is 109 Å². The molecule has 0 aliphatic rings. The van der Waals surface area contributed by atoms with Crippen LogP contribution in [0, 0.1) is 5.92 Å². The third-order valence-electron chi connectivity index (χ3n) is 2.67. The smallest absolute Gasteiger partial charge is 0.120 e. The Morgan fingerprint density at radius 2 is 1.94 bits per heavy atom. The van der Waals surface area contributed by atoms with E-state index >= 15 is 0 Å². The van der Waals surface area contributed by atoms with Crippen molar-refractivity contribution in [3.05, 3.63) is 59.9 Å². The van der Waals surface area contributed by atoms with E-state index in [1.165, 1.54) is 5.56 Å². The lowest BCUT2D eigenvalue weighted by molar-refractivity contribution is 0.305. The Hall–Kier alpha value is -1.83. The molecule has 0 saturated carbocycles. The molecule has 1 aromatic carbocycles. The first-order valence-electron chi connectivity index (χ1n) is 6.34. The van der Waals surface area contributed by atoms with E-state index in [0.29, 0.717) is 12.5 Å². The first kappa shape index (κ1) is 12.6. The average Bonchev–Trinajstić information content (AvgIpc) is 2.37. The van der Waals surface area contributed by atoms with Gasteiger partial charge in [-0.05, 0) is 36.1 Å². The highest BCUT2D eigenvalue weighted by Gasteiger charge is 2.00. The minimum atomic E-state index is 0.568. The molecule has 0 spiro atoms. The molecular weight excluding hydrogens is 222 g/mol. The van der Waals surface area contributed by atoms with Crippen LogP contribution in [0.15, 0.2) is 48.8 Å². The largest absolute Gasteiger partial charge is 0.489 e. The van der Waals surface area contributed by atoms with Gasteiger partial charge in [0.2, 0.25) is 0 Å². The maximum absolute atomic E-state index is 5.77. The Bertz CT molecular complexity index is 479. The molecule has 18 heavy (non-hydrogen) atoms. The molecule has 0 bridgehead atoms. The second-order valence-corrected chi connectivity index (χ2v) is 4.90. The van der Waals surface area contributed by atoms with Crippen molar-refractivity contribution in [1.29, 1.82) is 0 Å². The molecular formula is C16H19NO. The van der Waals surface area contributed by atoms with Gasteiger partial charge in [0.05, 0.1) is 0 Å². The van der Waals surface area contributed by atoms with Crippen molar-refractivity contribution in [3.8, 4) is 5.75 Å². The maximum Gasteiger partial charge on any atom is 0.120 e. The molecule has 1 aromatic heterocycles. The third-order valence-corrected chi connectivity index (χ3v) is 2.67. The van der Waals surface area contributed by atoms with Crippen LogP contribution in [0.25, 0.3) is 0 Å². The van der Waals surface area contributed by atoms with Crippen molar-refractivity contribution >= 4 is 0 Å². The predicted molar refractivity (Wildman–Crippen MR) is 73.6 cm³/mol. The maximum atomic E-state index is 5.77. The summed E-state index contributed by atoms with van der Waals surface area (Å²) in [6.45, 7) is 5.02. The fourth-order valence-corrected chi connectivity index (χ4v) is 1.88. The van der Waals surface area contributed by atoms with Gasteiger partial charge in [0, 0.05) is 18.0 Å². The molecule has 0 unspecified atom stereocenters. The monoisotopic (exact) mass is 241 g/mol. The van der Waals surface area contributed by atoms with Crippen LogP contribution in [-0.4, -0.2) is 4.98 Å². The van der Waals surface area contributed by atoms with Gasteiger partial charge in [0.1, 0.15) is 12.4 Å². The van der Waals surface area contributed by atoms with Crippen LogP contribution < -0.4 is 4.74 Å². The van der Waals surface area contributed by atoms with Crippen LogP contribution in [0.1, 0.15) is 25.0 Å². The fourth-order valence-electron chi connectivity index (χ4n) is 1.88. The van der Waals surface area contributed by atoms with Crippen LogP contribution in [0.2, 0.25) is 0 Å². The van der Waals surface area contributed by atoms with Crippen molar-refractivity contribution < 1.29 is 4.74 Å². The Morgan fingerprint density at radius 1 is 1.11 bits per heavy atom. The highest BCUT2D eigenvalue weighted by Crippen LogP contribution is 2.17. The molecule has 2 nitrogen and oxygen atoms in total. The highest BCUT2D eigenvalue weighted by atomic mass is 16.5. The van der Waals surface area contributed by atoms with Crippen LogP contribution in [0.4, 0.5) is 0 Å². The predicted octanol–water partition coefficient (Wildman–Crippen LogP) is 3.86. The number of rotatable bonds is 5. The molecule has 2 rings (SSSR count). The molecule has 2 heteroatoms. The summed E-state index contributed by atoms with van der Waals surface area (Å²) in [7, 11) is 0. The molecule has 2 aromatic rings. The number of hydrogen-bond acceptors (Lipinski definition) is 2. The molecule has 0 radical (unpaired) electrons. The van der Waals surface area contributed by atoms with Crippen LogP contribution >= 0.6 is 0 Å². The van der Waals surface area contributed by atoms with Gasteiger partial charge in [-0.15, -0.1) is 0 Å². The lowest BCUT2D eigenvalue weighted by Gasteiger charge is -2.09. The van der Waals surface area contributed by atoms with Crippen molar-refractivity contribution in [3.63, 3.8) is 0 Å². The van der Waals surface area contributed by atoms with E-state index in [1.807, 2.05) is 24.4 Å². The van der Waals surface area contributed by atoms with E-state index < -0.39 is 0 Å². The van der Waals surface area contributed by atoms with Gasteiger partial charge in [-0.25, -0.2) is 0 Å².